The van der Waals surface area contributed by atoms with E-state index in [9.17, 15) is 9.59 Å². The van der Waals surface area contributed by atoms with Crippen molar-refractivity contribution in [1.29, 1.82) is 0 Å². The normalized spacial score (nSPS) is 12.7. The largest absolute Gasteiger partial charge is 0.342 e. The lowest BCUT2D eigenvalue weighted by Crippen LogP contribution is -2.39. The highest BCUT2D eigenvalue weighted by Gasteiger charge is 2.15. The van der Waals surface area contributed by atoms with Gasteiger partial charge in [-0.25, -0.2) is 0 Å². The third-order valence-corrected chi connectivity index (χ3v) is 2.71. The number of ketones is 1. The van der Waals surface area contributed by atoms with Crippen molar-refractivity contribution >= 4 is 11.7 Å². The molecular formula is C14H19NO2. The van der Waals surface area contributed by atoms with Gasteiger partial charge in [-0.2, -0.15) is 0 Å². The van der Waals surface area contributed by atoms with Gasteiger partial charge in [-0.05, 0) is 37.5 Å². The average Bonchev–Trinajstić information content (AvgIpc) is 2.36. The molecule has 1 aromatic carbocycles. The van der Waals surface area contributed by atoms with Crippen molar-refractivity contribution in [3.63, 3.8) is 0 Å². The van der Waals surface area contributed by atoms with E-state index in [1.807, 2.05) is 19.1 Å². The maximum Gasteiger partial charge on any atom is 0.251 e. The van der Waals surface area contributed by atoms with Gasteiger partial charge in [-0.3, -0.25) is 9.59 Å². The second-order valence-corrected chi connectivity index (χ2v) is 3.99. The van der Waals surface area contributed by atoms with Gasteiger partial charge in [0, 0.05) is 6.93 Å². The fourth-order valence-corrected chi connectivity index (χ4v) is 1.56. The summed E-state index contributed by atoms with van der Waals surface area (Å²) in [6.07, 6.45) is 1.28. The Balaban J connectivity index is 2.69. The molecule has 0 radical (unpaired) electrons. The minimum Gasteiger partial charge on any atom is -0.342 e. The number of amides is 1. The maximum absolute atomic E-state index is 11.9. The summed E-state index contributed by atoms with van der Waals surface area (Å²) in [5, 5.41) is 2.71. The minimum absolute atomic E-state index is 0.0309. The Kier molecular flexibility index (Phi) is 4.30. The number of rotatable bonds is 5. The number of nitrogens with one attached hydrogen (secondary N) is 1. The summed E-state index contributed by atoms with van der Waals surface area (Å²) in [6.45, 7) is 3.68. The van der Waals surface area contributed by atoms with Gasteiger partial charge in [0.15, 0.2) is 5.78 Å². The molecule has 0 aliphatic carbocycles. The molecule has 1 aromatic rings. The van der Waals surface area contributed by atoms with E-state index in [4.69, 9.17) is 1.37 Å². The Hall–Kier alpha value is -1.64. The van der Waals surface area contributed by atoms with Crippen molar-refractivity contribution in [2.75, 3.05) is 0 Å². The van der Waals surface area contributed by atoms with Crippen molar-refractivity contribution in [2.45, 2.75) is 39.6 Å². The second-order valence-electron chi connectivity index (χ2n) is 3.99. The van der Waals surface area contributed by atoms with Gasteiger partial charge in [0.1, 0.15) is 0 Å². The van der Waals surface area contributed by atoms with Crippen molar-refractivity contribution in [2.24, 2.45) is 0 Å². The molecule has 1 N–H and O–H groups in total. The van der Waals surface area contributed by atoms with E-state index in [1.54, 1.807) is 12.1 Å². The summed E-state index contributed by atoms with van der Waals surface area (Å²) in [6, 6.07) is 6.74. The summed E-state index contributed by atoms with van der Waals surface area (Å²) >= 11 is 0. The molecule has 3 heteroatoms. The molecule has 1 amide bonds. The summed E-state index contributed by atoms with van der Waals surface area (Å²) < 4.78 is 7.13. The molecule has 1 atom stereocenters. The topological polar surface area (TPSA) is 46.2 Å². The molecule has 0 aliphatic rings. The van der Waals surface area contributed by atoms with Crippen LogP contribution in [-0.2, 0) is 11.2 Å². The van der Waals surface area contributed by atoms with Crippen molar-refractivity contribution in [3.8, 4) is 0 Å². The van der Waals surface area contributed by atoms with Crippen molar-refractivity contribution in [1.82, 2.24) is 5.32 Å². The van der Waals surface area contributed by atoms with E-state index in [0.717, 1.165) is 5.56 Å². The molecule has 0 spiro atoms. The maximum atomic E-state index is 11.9. The van der Waals surface area contributed by atoms with Gasteiger partial charge in [-0.1, -0.05) is 26.0 Å². The molecule has 0 bridgehead atoms. The lowest BCUT2D eigenvalue weighted by atomic mass is 10.1. The van der Waals surface area contributed by atoms with E-state index >= 15 is 0 Å². The van der Waals surface area contributed by atoms with Crippen LogP contribution >= 0.6 is 0 Å². The van der Waals surface area contributed by atoms with Crippen LogP contribution in [0.3, 0.4) is 0 Å². The van der Waals surface area contributed by atoms with Gasteiger partial charge in [0.2, 0.25) is 0 Å². The average molecular weight is 234 g/mol. The van der Waals surface area contributed by atoms with E-state index in [1.165, 1.54) is 6.92 Å². The Morgan fingerprint density at radius 1 is 1.35 bits per heavy atom. The number of carbonyl (C=O) groups is 2. The number of aryl methyl sites for hydroxylation is 1. The van der Waals surface area contributed by atoms with Crippen LogP contribution in [0.1, 0.15) is 44.5 Å². The number of benzene rings is 1. The first-order valence-corrected chi connectivity index (χ1v) is 5.78. The molecule has 0 heterocycles. The molecule has 1 rings (SSSR count). The Morgan fingerprint density at radius 2 is 2.00 bits per heavy atom. The van der Waals surface area contributed by atoms with E-state index in [-0.39, 0.29) is 11.7 Å². The van der Waals surface area contributed by atoms with Gasteiger partial charge < -0.3 is 5.32 Å². The fourth-order valence-electron chi connectivity index (χ4n) is 1.56. The Labute approximate surface area is 104 Å². The van der Waals surface area contributed by atoms with E-state index < -0.39 is 6.04 Å². The number of hydrogen-bond donors (Lipinski definition) is 1. The number of carbonyl (C=O) groups excluding carboxylic acids is 2. The smallest absolute Gasteiger partial charge is 0.251 e. The molecule has 0 aliphatic heterocycles. The zero-order chi connectivity index (χ0) is 13.5. The Morgan fingerprint density at radius 3 is 2.47 bits per heavy atom. The van der Waals surface area contributed by atoms with Crippen LogP contribution < -0.4 is 5.32 Å². The van der Waals surface area contributed by atoms with Gasteiger partial charge in [0.25, 0.3) is 5.91 Å². The lowest BCUT2D eigenvalue weighted by Gasteiger charge is -2.13. The highest BCUT2D eigenvalue weighted by atomic mass is 16.2. The summed E-state index contributed by atoms with van der Waals surface area (Å²) in [5.74, 6) is -0.258. The van der Waals surface area contributed by atoms with Crippen LogP contribution in [-0.4, -0.2) is 17.7 Å². The van der Waals surface area contributed by atoms with Crippen LogP contribution in [0.4, 0.5) is 0 Å². The SMILES string of the molecule is [2H]CCc1ccc(C(=O)N[C@@H](CC)C(C)=O)cc1. The van der Waals surface area contributed by atoms with Gasteiger partial charge in [-0.15, -0.1) is 0 Å². The van der Waals surface area contributed by atoms with Gasteiger partial charge >= 0.3 is 0 Å². The highest BCUT2D eigenvalue weighted by Crippen LogP contribution is 2.06. The van der Waals surface area contributed by atoms with Crippen LogP contribution in [0.5, 0.6) is 0 Å². The van der Waals surface area contributed by atoms with E-state index in [2.05, 4.69) is 5.32 Å². The Bertz CT molecular complexity index is 414. The van der Waals surface area contributed by atoms with Crippen LogP contribution in [0.25, 0.3) is 0 Å². The molecule has 0 saturated heterocycles. The second kappa shape index (κ2) is 6.18. The molecule has 0 aromatic heterocycles. The zero-order valence-corrected chi connectivity index (χ0v) is 10.3. The first-order valence-electron chi connectivity index (χ1n) is 6.48. The van der Waals surface area contributed by atoms with Crippen LogP contribution in [0.15, 0.2) is 24.3 Å². The summed E-state index contributed by atoms with van der Waals surface area (Å²) in [4.78, 5) is 23.1. The molecule has 0 saturated carbocycles. The van der Waals surface area contributed by atoms with Crippen LogP contribution in [0, 0.1) is 0 Å². The van der Waals surface area contributed by atoms with Gasteiger partial charge in [0.05, 0.1) is 6.04 Å². The van der Waals surface area contributed by atoms with E-state index in [0.29, 0.717) is 25.3 Å². The molecule has 0 fully saturated rings. The van der Waals surface area contributed by atoms with Crippen LogP contribution in [0.2, 0.25) is 0 Å². The molecule has 0 unspecified atom stereocenters. The lowest BCUT2D eigenvalue weighted by molar-refractivity contribution is -0.118. The quantitative estimate of drug-likeness (QED) is 0.850. The third-order valence-electron chi connectivity index (χ3n) is 2.71. The standard InChI is InChI=1S/C14H19NO2/c1-4-11-6-8-12(9-7-11)14(17)15-13(5-2)10(3)16/h6-9,13H,4-5H2,1-3H3,(H,15,17)/t13-/m0/s1/i1D. The number of Topliss-reactive ketones (excluding diaryl/α,β-unsaturated/α-hetero) is 1. The number of hydrogen-bond acceptors (Lipinski definition) is 2. The first-order chi connectivity index (χ1) is 8.58. The first kappa shape index (κ1) is 11.8. The highest BCUT2D eigenvalue weighted by molar-refractivity contribution is 5.97. The fraction of sp³-hybridized carbons (Fsp3) is 0.429. The third kappa shape index (κ3) is 3.70. The molecule has 3 nitrogen and oxygen atoms in total. The summed E-state index contributed by atoms with van der Waals surface area (Å²) in [7, 11) is 0. The van der Waals surface area contributed by atoms with Crippen molar-refractivity contribution < 1.29 is 11.0 Å². The zero-order valence-electron chi connectivity index (χ0n) is 11.3. The molecule has 17 heavy (non-hydrogen) atoms. The monoisotopic (exact) mass is 234 g/mol. The molecular weight excluding hydrogens is 214 g/mol. The minimum atomic E-state index is -0.412. The summed E-state index contributed by atoms with van der Waals surface area (Å²) in [5.41, 5.74) is 1.59. The predicted molar refractivity (Wildman–Crippen MR) is 68.0 cm³/mol. The van der Waals surface area contributed by atoms with Crippen molar-refractivity contribution in [3.05, 3.63) is 35.4 Å². The predicted octanol–water partition coefficient (Wildman–Crippen LogP) is 2.35. The molecule has 92 valence electrons.